The Morgan fingerprint density at radius 1 is 1.33 bits per heavy atom. The highest BCUT2D eigenvalue weighted by Gasteiger charge is 2.28. The fourth-order valence-corrected chi connectivity index (χ4v) is 1.13. The molecular formula is C10H10F3NO4. The van der Waals surface area contributed by atoms with Crippen molar-refractivity contribution in [3.63, 3.8) is 0 Å². The van der Waals surface area contributed by atoms with Gasteiger partial charge in [-0.3, -0.25) is 4.74 Å². The number of carbonyl (C=O) groups is 1. The van der Waals surface area contributed by atoms with Crippen molar-refractivity contribution < 1.29 is 32.5 Å². The summed E-state index contributed by atoms with van der Waals surface area (Å²) >= 11 is 0. The van der Waals surface area contributed by atoms with Gasteiger partial charge in [-0.1, -0.05) is 0 Å². The predicted octanol–water partition coefficient (Wildman–Crippen LogP) is 1.88. The van der Waals surface area contributed by atoms with Crippen LogP contribution >= 0.6 is 0 Å². The maximum atomic E-state index is 11.6. The third-order valence-electron chi connectivity index (χ3n) is 1.87. The molecular weight excluding hydrogens is 255 g/mol. The van der Waals surface area contributed by atoms with Crippen molar-refractivity contribution in [3.05, 3.63) is 23.8 Å². The summed E-state index contributed by atoms with van der Waals surface area (Å²) in [6.45, 7) is -1.04. The van der Waals surface area contributed by atoms with E-state index in [-0.39, 0.29) is 23.6 Å². The van der Waals surface area contributed by atoms with Gasteiger partial charge >= 0.3 is 12.3 Å². The Morgan fingerprint density at radius 2 is 2.00 bits per heavy atom. The summed E-state index contributed by atoms with van der Waals surface area (Å²) in [5.41, 5.74) is 5.26. The number of hydrogen-bond donors (Lipinski definition) is 2. The van der Waals surface area contributed by atoms with Crippen LogP contribution in [0.1, 0.15) is 10.4 Å². The van der Waals surface area contributed by atoms with Crippen molar-refractivity contribution >= 4 is 11.7 Å². The van der Waals surface area contributed by atoms with Gasteiger partial charge in [-0.05, 0) is 18.2 Å². The highest BCUT2D eigenvalue weighted by atomic mass is 19.4. The zero-order chi connectivity index (χ0) is 13.8. The van der Waals surface area contributed by atoms with Gasteiger partial charge in [0.25, 0.3) is 0 Å². The lowest BCUT2D eigenvalue weighted by Gasteiger charge is -2.10. The number of carboxylic acids is 1. The first-order valence-electron chi connectivity index (χ1n) is 4.76. The summed E-state index contributed by atoms with van der Waals surface area (Å²) in [6.07, 6.45) is -4.71. The number of rotatable bonds is 5. The lowest BCUT2D eigenvalue weighted by atomic mass is 10.2. The number of nitrogen functional groups attached to an aromatic ring is 1. The highest BCUT2D eigenvalue weighted by Crippen LogP contribution is 2.20. The minimum absolute atomic E-state index is 0.0430. The average Bonchev–Trinajstić information content (AvgIpc) is 2.24. The predicted molar refractivity (Wildman–Crippen MR) is 55.3 cm³/mol. The number of nitrogens with two attached hydrogens (primary N) is 1. The van der Waals surface area contributed by atoms with Gasteiger partial charge in [0, 0.05) is 5.69 Å². The lowest BCUT2D eigenvalue weighted by Crippen LogP contribution is -2.18. The molecule has 0 fully saturated rings. The molecule has 5 nitrogen and oxygen atoms in total. The van der Waals surface area contributed by atoms with E-state index in [1.165, 1.54) is 12.1 Å². The lowest BCUT2D eigenvalue weighted by molar-refractivity contribution is -0.325. The van der Waals surface area contributed by atoms with Crippen molar-refractivity contribution in [1.29, 1.82) is 0 Å². The van der Waals surface area contributed by atoms with Crippen molar-refractivity contribution in [1.82, 2.24) is 0 Å². The topological polar surface area (TPSA) is 81.8 Å². The molecule has 0 aromatic heterocycles. The Labute approximate surface area is 99.9 Å². The average molecular weight is 265 g/mol. The molecule has 0 amide bonds. The Morgan fingerprint density at radius 3 is 2.56 bits per heavy atom. The Balaban J connectivity index is 2.53. The number of anilines is 1. The first-order chi connectivity index (χ1) is 8.29. The minimum Gasteiger partial charge on any atom is -0.491 e. The molecule has 0 bridgehead atoms. The van der Waals surface area contributed by atoms with Gasteiger partial charge in [-0.2, -0.15) is 0 Å². The summed E-state index contributed by atoms with van der Waals surface area (Å²) < 4.78 is 43.3. The van der Waals surface area contributed by atoms with E-state index < -0.39 is 18.9 Å². The second-order valence-electron chi connectivity index (χ2n) is 3.20. The molecule has 0 aliphatic rings. The van der Waals surface area contributed by atoms with Gasteiger partial charge in [0.05, 0.1) is 12.2 Å². The van der Waals surface area contributed by atoms with E-state index in [2.05, 4.69) is 4.74 Å². The molecule has 100 valence electrons. The first-order valence-corrected chi connectivity index (χ1v) is 4.76. The molecule has 3 N–H and O–H groups in total. The number of aromatic carboxylic acids is 1. The SMILES string of the molecule is Nc1ccc(OCCOC(F)(F)F)cc1C(=O)O. The van der Waals surface area contributed by atoms with E-state index in [9.17, 15) is 18.0 Å². The number of ether oxygens (including phenoxy) is 2. The molecule has 0 radical (unpaired) electrons. The quantitative estimate of drug-likeness (QED) is 0.627. The van der Waals surface area contributed by atoms with Crippen molar-refractivity contribution in [2.75, 3.05) is 18.9 Å². The number of carboxylic acid groups (broad SMARTS) is 1. The molecule has 0 saturated heterocycles. The second-order valence-corrected chi connectivity index (χ2v) is 3.20. The van der Waals surface area contributed by atoms with E-state index in [1.807, 2.05) is 0 Å². The Hall–Kier alpha value is -1.96. The van der Waals surface area contributed by atoms with Gasteiger partial charge < -0.3 is 15.6 Å². The van der Waals surface area contributed by atoms with Crippen LogP contribution in [0, 0.1) is 0 Å². The fraction of sp³-hybridized carbons (Fsp3) is 0.300. The maximum Gasteiger partial charge on any atom is 0.522 e. The number of benzene rings is 1. The standard InChI is InChI=1S/C10H10F3NO4/c11-10(12,13)18-4-3-17-6-1-2-8(14)7(5-6)9(15)16/h1-2,5H,3-4,14H2,(H,15,16). The summed E-state index contributed by atoms with van der Waals surface area (Å²) in [7, 11) is 0. The van der Waals surface area contributed by atoms with Gasteiger partial charge in [0.1, 0.15) is 12.4 Å². The molecule has 0 heterocycles. The first kappa shape index (κ1) is 14.1. The number of hydrogen-bond acceptors (Lipinski definition) is 4. The van der Waals surface area contributed by atoms with Gasteiger partial charge in [-0.15, -0.1) is 13.2 Å². The van der Waals surface area contributed by atoms with Crippen molar-refractivity contribution in [3.8, 4) is 5.75 Å². The largest absolute Gasteiger partial charge is 0.522 e. The monoisotopic (exact) mass is 265 g/mol. The summed E-state index contributed by atoms with van der Waals surface area (Å²) in [5.74, 6) is -1.14. The van der Waals surface area contributed by atoms with Crippen LogP contribution in [0.5, 0.6) is 5.75 Å². The smallest absolute Gasteiger partial charge is 0.491 e. The van der Waals surface area contributed by atoms with Crippen LogP contribution in [0.4, 0.5) is 18.9 Å². The molecule has 0 atom stereocenters. The van der Waals surface area contributed by atoms with Crippen LogP contribution in [-0.4, -0.2) is 30.7 Å². The number of alkyl halides is 3. The molecule has 0 aliphatic heterocycles. The molecule has 1 aromatic rings. The van der Waals surface area contributed by atoms with Crippen molar-refractivity contribution in [2.24, 2.45) is 0 Å². The molecule has 8 heteroatoms. The summed E-state index contributed by atoms with van der Waals surface area (Å²) in [5, 5.41) is 8.76. The van der Waals surface area contributed by atoms with Crippen LogP contribution in [0.25, 0.3) is 0 Å². The molecule has 18 heavy (non-hydrogen) atoms. The van der Waals surface area contributed by atoms with Crippen LogP contribution in [-0.2, 0) is 4.74 Å². The zero-order valence-electron chi connectivity index (χ0n) is 9.03. The van der Waals surface area contributed by atoms with Crippen LogP contribution in [0.3, 0.4) is 0 Å². The third kappa shape index (κ3) is 4.50. The van der Waals surface area contributed by atoms with E-state index in [0.717, 1.165) is 6.07 Å². The molecule has 0 unspecified atom stereocenters. The minimum atomic E-state index is -4.71. The van der Waals surface area contributed by atoms with Crippen LogP contribution in [0.15, 0.2) is 18.2 Å². The van der Waals surface area contributed by atoms with Crippen molar-refractivity contribution in [2.45, 2.75) is 6.36 Å². The van der Waals surface area contributed by atoms with Gasteiger partial charge in [0.2, 0.25) is 0 Å². The maximum absolute atomic E-state index is 11.6. The van der Waals surface area contributed by atoms with E-state index >= 15 is 0 Å². The fourth-order valence-electron chi connectivity index (χ4n) is 1.13. The van der Waals surface area contributed by atoms with Crippen LogP contribution < -0.4 is 10.5 Å². The van der Waals surface area contributed by atoms with E-state index in [0.29, 0.717) is 0 Å². The van der Waals surface area contributed by atoms with E-state index in [4.69, 9.17) is 15.6 Å². The van der Waals surface area contributed by atoms with Crippen LogP contribution in [0.2, 0.25) is 0 Å². The normalized spacial score (nSPS) is 11.3. The molecule has 1 rings (SSSR count). The number of halogens is 3. The van der Waals surface area contributed by atoms with Gasteiger partial charge in [0.15, 0.2) is 0 Å². The zero-order valence-corrected chi connectivity index (χ0v) is 9.03. The van der Waals surface area contributed by atoms with E-state index in [1.54, 1.807) is 0 Å². The van der Waals surface area contributed by atoms with Gasteiger partial charge in [-0.25, -0.2) is 4.79 Å². The summed E-state index contributed by atoms with van der Waals surface area (Å²) in [4.78, 5) is 10.7. The highest BCUT2D eigenvalue weighted by molar-refractivity contribution is 5.94. The third-order valence-corrected chi connectivity index (χ3v) is 1.87. The molecule has 0 spiro atoms. The molecule has 0 aliphatic carbocycles. The Kier molecular flexibility index (Phi) is 4.38. The second kappa shape index (κ2) is 5.58. The molecule has 0 saturated carbocycles. The Bertz CT molecular complexity index is 434. The summed E-state index contributed by atoms with van der Waals surface area (Å²) in [6, 6.07) is 3.78. The molecule has 1 aromatic carbocycles.